The minimum atomic E-state index is -0.337. The van der Waals surface area contributed by atoms with E-state index in [1.54, 1.807) is 26.4 Å². The largest absolute Gasteiger partial charge is 0.481 e. The molecule has 5 heteroatoms. The first kappa shape index (κ1) is 10.2. The van der Waals surface area contributed by atoms with Crippen molar-refractivity contribution >= 4 is 0 Å². The van der Waals surface area contributed by atoms with Gasteiger partial charge in [-0.3, -0.25) is 0 Å². The molecule has 1 aliphatic rings. The van der Waals surface area contributed by atoms with E-state index in [2.05, 4.69) is 4.98 Å². The maximum Gasteiger partial charge on any atom is 0.216 e. The van der Waals surface area contributed by atoms with Crippen LogP contribution in [-0.4, -0.2) is 32.4 Å². The van der Waals surface area contributed by atoms with E-state index in [4.69, 9.17) is 18.9 Å². The van der Waals surface area contributed by atoms with Crippen LogP contribution in [0.5, 0.6) is 11.8 Å². The first-order valence-electron chi connectivity index (χ1n) is 4.66. The Hall–Kier alpha value is -1.33. The van der Waals surface area contributed by atoms with Crippen molar-refractivity contribution in [1.29, 1.82) is 0 Å². The molecule has 82 valence electrons. The normalized spacial score (nSPS) is 16.7. The molecule has 1 fully saturated rings. The zero-order valence-electron chi connectivity index (χ0n) is 8.73. The van der Waals surface area contributed by atoms with E-state index < -0.39 is 0 Å². The number of methoxy groups -OCH3 is 2. The lowest BCUT2D eigenvalue weighted by molar-refractivity contribution is -0.0444. The van der Waals surface area contributed by atoms with Crippen LogP contribution in [0.3, 0.4) is 0 Å². The fraction of sp³-hybridized carbons (Fsp3) is 0.500. The van der Waals surface area contributed by atoms with Gasteiger partial charge in [-0.15, -0.1) is 0 Å². The summed E-state index contributed by atoms with van der Waals surface area (Å²) in [5.41, 5.74) is 0.858. The van der Waals surface area contributed by atoms with Crippen LogP contribution >= 0.6 is 0 Å². The third kappa shape index (κ3) is 2.19. The molecule has 5 nitrogen and oxygen atoms in total. The maximum atomic E-state index is 5.38. The predicted octanol–water partition coefficient (Wildman–Crippen LogP) is 1.14. The van der Waals surface area contributed by atoms with Crippen molar-refractivity contribution in [1.82, 2.24) is 4.98 Å². The Morgan fingerprint density at radius 1 is 1.13 bits per heavy atom. The van der Waals surface area contributed by atoms with E-state index in [9.17, 15) is 0 Å². The maximum absolute atomic E-state index is 5.38. The van der Waals surface area contributed by atoms with E-state index in [0.29, 0.717) is 25.0 Å². The van der Waals surface area contributed by atoms with Crippen LogP contribution in [0.25, 0.3) is 0 Å². The van der Waals surface area contributed by atoms with Crippen molar-refractivity contribution in [2.24, 2.45) is 0 Å². The lowest BCUT2D eigenvalue weighted by atomic mass is 10.2. The van der Waals surface area contributed by atoms with Crippen molar-refractivity contribution in [3.05, 3.63) is 17.7 Å². The molecule has 0 amide bonds. The Balaban J connectivity index is 2.28. The molecule has 0 bridgehead atoms. The number of pyridine rings is 1. The minimum Gasteiger partial charge on any atom is -0.481 e. The lowest BCUT2D eigenvalue weighted by Crippen LogP contribution is -2.01. The minimum absolute atomic E-state index is 0.337. The van der Waals surface area contributed by atoms with Gasteiger partial charge in [0.25, 0.3) is 0 Å². The second-order valence-corrected chi connectivity index (χ2v) is 3.06. The van der Waals surface area contributed by atoms with Crippen LogP contribution in [-0.2, 0) is 9.47 Å². The molecule has 0 N–H and O–H groups in total. The number of hydrogen-bond acceptors (Lipinski definition) is 5. The molecule has 0 aromatic carbocycles. The van der Waals surface area contributed by atoms with Crippen molar-refractivity contribution in [2.75, 3.05) is 27.4 Å². The van der Waals surface area contributed by atoms with Gasteiger partial charge in [0.05, 0.1) is 27.4 Å². The molecule has 1 saturated heterocycles. The van der Waals surface area contributed by atoms with Crippen LogP contribution in [0.1, 0.15) is 11.9 Å². The summed E-state index contributed by atoms with van der Waals surface area (Å²) in [7, 11) is 3.11. The molecule has 1 aromatic rings. The number of hydrogen-bond donors (Lipinski definition) is 0. The van der Waals surface area contributed by atoms with Gasteiger partial charge in [-0.25, -0.2) is 0 Å². The molecule has 0 radical (unpaired) electrons. The topological polar surface area (TPSA) is 49.8 Å². The van der Waals surface area contributed by atoms with Crippen LogP contribution in [0.15, 0.2) is 12.1 Å². The standard InChI is InChI=1S/C10H13NO4/c1-12-8-5-7(6-9(11-8)13-2)10-14-3-4-15-10/h5-6,10H,3-4H2,1-2H3. The summed E-state index contributed by atoms with van der Waals surface area (Å²) in [5.74, 6) is 0.979. The Morgan fingerprint density at radius 2 is 1.67 bits per heavy atom. The second kappa shape index (κ2) is 4.46. The smallest absolute Gasteiger partial charge is 0.216 e. The fourth-order valence-corrected chi connectivity index (χ4v) is 1.40. The quantitative estimate of drug-likeness (QED) is 0.750. The molecule has 0 aliphatic carbocycles. The summed E-state index contributed by atoms with van der Waals surface area (Å²) in [6, 6.07) is 3.55. The average Bonchev–Trinajstić information content (AvgIpc) is 2.81. The zero-order chi connectivity index (χ0) is 10.7. The Bertz CT molecular complexity index is 314. The highest BCUT2D eigenvalue weighted by Gasteiger charge is 2.20. The van der Waals surface area contributed by atoms with Crippen LogP contribution in [0.4, 0.5) is 0 Å². The molecule has 1 aliphatic heterocycles. The van der Waals surface area contributed by atoms with Gasteiger partial charge in [0.1, 0.15) is 0 Å². The number of aromatic nitrogens is 1. The van der Waals surface area contributed by atoms with Crippen LogP contribution < -0.4 is 9.47 Å². The predicted molar refractivity (Wildman–Crippen MR) is 52.0 cm³/mol. The number of ether oxygens (including phenoxy) is 4. The molecule has 2 rings (SSSR count). The molecule has 0 unspecified atom stereocenters. The zero-order valence-corrected chi connectivity index (χ0v) is 8.73. The first-order chi connectivity index (χ1) is 7.33. The van der Waals surface area contributed by atoms with E-state index in [-0.39, 0.29) is 6.29 Å². The molecule has 2 heterocycles. The summed E-state index contributed by atoms with van der Waals surface area (Å²) in [4.78, 5) is 4.09. The van der Waals surface area contributed by atoms with Gasteiger partial charge < -0.3 is 18.9 Å². The van der Waals surface area contributed by atoms with E-state index >= 15 is 0 Å². The molecule has 0 saturated carbocycles. The van der Waals surface area contributed by atoms with Gasteiger partial charge in [-0.1, -0.05) is 0 Å². The monoisotopic (exact) mass is 211 g/mol. The summed E-state index contributed by atoms with van der Waals surface area (Å²) in [5, 5.41) is 0. The molecule has 0 atom stereocenters. The summed E-state index contributed by atoms with van der Waals surface area (Å²) >= 11 is 0. The molecule has 15 heavy (non-hydrogen) atoms. The van der Waals surface area contributed by atoms with Gasteiger partial charge in [0, 0.05) is 17.7 Å². The van der Waals surface area contributed by atoms with Crippen molar-refractivity contribution < 1.29 is 18.9 Å². The number of nitrogens with zero attached hydrogens (tertiary/aromatic N) is 1. The summed E-state index contributed by atoms with van der Waals surface area (Å²) in [6.07, 6.45) is -0.337. The highest BCUT2D eigenvalue weighted by atomic mass is 16.7. The third-order valence-corrected chi connectivity index (χ3v) is 2.11. The van der Waals surface area contributed by atoms with Crippen molar-refractivity contribution in [3.63, 3.8) is 0 Å². The lowest BCUT2D eigenvalue weighted by Gasteiger charge is -2.11. The van der Waals surface area contributed by atoms with Gasteiger partial charge in [-0.2, -0.15) is 4.98 Å². The van der Waals surface area contributed by atoms with E-state index in [0.717, 1.165) is 5.56 Å². The van der Waals surface area contributed by atoms with Gasteiger partial charge in [-0.05, 0) is 0 Å². The molecular weight excluding hydrogens is 198 g/mol. The van der Waals surface area contributed by atoms with Gasteiger partial charge in [0.2, 0.25) is 11.8 Å². The summed E-state index contributed by atoms with van der Waals surface area (Å²) < 4.78 is 20.9. The average molecular weight is 211 g/mol. The molecule has 0 spiro atoms. The fourth-order valence-electron chi connectivity index (χ4n) is 1.40. The van der Waals surface area contributed by atoms with Crippen LogP contribution in [0.2, 0.25) is 0 Å². The van der Waals surface area contributed by atoms with Crippen molar-refractivity contribution in [3.8, 4) is 11.8 Å². The highest BCUT2D eigenvalue weighted by Crippen LogP contribution is 2.28. The third-order valence-electron chi connectivity index (χ3n) is 2.11. The summed E-state index contributed by atoms with van der Waals surface area (Å²) in [6.45, 7) is 1.22. The van der Waals surface area contributed by atoms with Crippen LogP contribution in [0, 0.1) is 0 Å². The highest BCUT2D eigenvalue weighted by molar-refractivity contribution is 5.29. The molecular formula is C10H13NO4. The van der Waals surface area contributed by atoms with Gasteiger partial charge in [0.15, 0.2) is 6.29 Å². The molecule has 1 aromatic heterocycles. The van der Waals surface area contributed by atoms with Gasteiger partial charge >= 0.3 is 0 Å². The second-order valence-electron chi connectivity index (χ2n) is 3.06. The van der Waals surface area contributed by atoms with Crippen molar-refractivity contribution in [2.45, 2.75) is 6.29 Å². The van der Waals surface area contributed by atoms with E-state index in [1.807, 2.05) is 0 Å². The van der Waals surface area contributed by atoms with E-state index in [1.165, 1.54) is 0 Å². The Morgan fingerprint density at radius 3 is 2.13 bits per heavy atom. The first-order valence-corrected chi connectivity index (χ1v) is 4.66. The number of rotatable bonds is 3. The SMILES string of the molecule is COc1cc(C2OCCO2)cc(OC)n1. The Labute approximate surface area is 87.9 Å². The Kier molecular flexibility index (Phi) is 3.03.